The van der Waals surface area contributed by atoms with Crippen LogP contribution in [-0.2, 0) is 6.54 Å². The highest BCUT2D eigenvalue weighted by molar-refractivity contribution is 5.95. The van der Waals surface area contributed by atoms with Crippen LogP contribution in [0, 0.1) is 5.41 Å². The average Bonchev–Trinajstić information content (AvgIpc) is 2.76. The molecule has 1 unspecified atom stereocenters. The first kappa shape index (κ1) is 12.1. The molecule has 0 amide bonds. The van der Waals surface area contributed by atoms with Crippen LogP contribution < -0.4 is 5.73 Å². The highest BCUT2D eigenvalue weighted by Crippen LogP contribution is 2.22. The fraction of sp³-hybridized carbons (Fsp3) is 0.500. The molecule has 3 nitrogen and oxygen atoms in total. The van der Waals surface area contributed by atoms with Crippen molar-refractivity contribution in [2.24, 2.45) is 5.73 Å². The summed E-state index contributed by atoms with van der Waals surface area (Å²) in [6.45, 7) is 4.44. The molecule has 0 aliphatic carbocycles. The minimum Gasteiger partial charge on any atom is -0.384 e. The summed E-state index contributed by atoms with van der Waals surface area (Å²) < 4.78 is 0. The van der Waals surface area contributed by atoms with E-state index in [4.69, 9.17) is 11.1 Å². The molecule has 1 saturated heterocycles. The number of hydrogen-bond donors (Lipinski definition) is 2. The van der Waals surface area contributed by atoms with Crippen molar-refractivity contribution in [3.8, 4) is 0 Å². The molecular formula is C14H21N3. The molecule has 1 heterocycles. The van der Waals surface area contributed by atoms with Gasteiger partial charge in [-0.25, -0.2) is 0 Å². The number of likely N-dealkylation sites (tertiary alicyclic amines) is 1. The monoisotopic (exact) mass is 231 g/mol. The van der Waals surface area contributed by atoms with Crippen LogP contribution in [0.5, 0.6) is 0 Å². The number of nitrogens with two attached hydrogens (primary N) is 1. The Morgan fingerprint density at radius 1 is 1.53 bits per heavy atom. The van der Waals surface area contributed by atoms with Gasteiger partial charge in [0.15, 0.2) is 0 Å². The molecule has 92 valence electrons. The molecule has 3 N–H and O–H groups in total. The molecule has 1 aromatic carbocycles. The van der Waals surface area contributed by atoms with Crippen molar-refractivity contribution in [2.45, 2.75) is 38.8 Å². The van der Waals surface area contributed by atoms with Gasteiger partial charge in [0.1, 0.15) is 5.84 Å². The van der Waals surface area contributed by atoms with Crippen LogP contribution in [0.4, 0.5) is 0 Å². The van der Waals surface area contributed by atoms with Gasteiger partial charge < -0.3 is 5.73 Å². The lowest BCUT2D eigenvalue weighted by Crippen LogP contribution is -2.28. The third kappa shape index (κ3) is 2.86. The van der Waals surface area contributed by atoms with Crippen molar-refractivity contribution in [3.63, 3.8) is 0 Å². The van der Waals surface area contributed by atoms with E-state index in [0.717, 1.165) is 18.2 Å². The maximum Gasteiger partial charge on any atom is 0.122 e. The van der Waals surface area contributed by atoms with Gasteiger partial charge >= 0.3 is 0 Å². The van der Waals surface area contributed by atoms with Crippen LogP contribution in [-0.4, -0.2) is 23.3 Å². The second kappa shape index (κ2) is 5.32. The van der Waals surface area contributed by atoms with Crippen LogP contribution in [0.25, 0.3) is 0 Å². The van der Waals surface area contributed by atoms with Crippen LogP contribution in [0.1, 0.15) is 37.3 Å². The van der Waals surface area contributed by atoms with Crippen LogP contribution in [0.15, 0.2) is 24.3 Å². The van der Waals surface area contributed by atoms with E-state index < -0.39 is 0 Å². The molecular weight excluding hydrogens is 210 g/mol. The van der Waals surface area contributed by atoms with Gasteiger partial charge in [0.05, 0.1) is 0 Å². The number of hydrogen-bond acceptors (Lipinski definition) is 2. The van der Waals surface area contributed by atoms with E-state index >= 15 is 0 Å². The van der Waals surface area contributed by atoms with Gasteiger partial charge in [0.25, 0.3) is 0 Å². The Morgan fingerprint density at radius 3 is 3.06 bits per heavy atom. The van der Waals surface area contributed by atoms with Crippen molar-refractivity contribution < 1.29 is 0 Å². The zero-order valence-corrected chi connectivity index (χ0v) is 10.4. The fourth-order valence-electron chi connectivity index (χ4n) is 2.64. The lowest BCUT2D eigenvalue weighted by molar-refractivity contribution is 0.240. The Bertz CT molecular complexity index is 400. The number of rotatable bonds is 4. The van der Waals surface area contributed by atoms with E-state index in [1.54, 1.807) is 0 Å². The summed E-state index contributed by atoms with van der Waals surface area (Å²) in [5.41, 5.74) is 7.60. The van der Waals surface area contributed by atoms with E-state index in [1.807, 2.05) is 18.2 Å². The molecule has 17 heavy (non-hydrogen) atoms. The number of nitrogen functional groups attached to an aromatic ring is 1. The third-order valence-corrected chi connectivity index (χ3v) is 3.59. The van der Waals surface area contributed by atoms with Gasteiger partial charge in [-0.3, -0.25) is 10.3 Å². The molecule has 0 radical (unpaired) electrons. The first-order chi connectivity index (χ1) is 8.20. The molecule has 0 aromatic heterocycles. The van der Waals surface area contributed by atoms with Crippen molar-refractivity contribution in [1.82, 2.24) is 4.90 Å². The van der Waals surface area contributed by atoms with Crippen molar-refractivity contribution >= 4 is 5.84 Å². The summed E-state index contributed by atoms with van der Waals surface area (Å²) in [5, 5.41) is 7.46. The number of amidine groups is 1. The number of nitrogens with zero attached hydrogens (tertiary/aromatic N) is 1. The predicted octanol–water partition coefficient (Wildman–Crippen LogP) is 2.35. The Hall–Kier alpha value is -1.35. The first-order valence-electron chi connectivity index (χ1n) is 6.38. The zero-order valence-electron chi connectivity index (χ0n) is 10.4. The lowest BCUT2D eigenvalue weighted by atomic mass is 10.1. The number of nitrogens with one attached hydrogen (secondary N) is 1. The highest BCUT2D eigenvalue weighted by Gasteiger charge is 2.22. The standard InChI is InChI=1S/C14H21N3/c1-2-13-7-4-8-17(13)10-11-5-3-6-12(9-11)14(15)16/h3,5-6,9,13H,2,4,7-8,10H2,1H3,(H3,15,16). The second-order valence-electron chi connectivity index (χ2n) is 4.79. The van der Waals surface area contributed by atoms with Gasteiger partial charge in [-0.1, -0.05) is 25.1 Å². The molecule has 1 atom stereocenters. The maximum atomic E-state index is 7.46. The van der Waals surface area contributed by atoms with E-state index in [9.17, 15) is 0 Å². The molecule has 3 heteroatoms. The van der Waals surface area contributed by atoms with E-state index in [1.165, 1.54) is 31.4 Å². The zero-order chi connectivity index (χ0) is 12.3. The van der Waals surface area contributed by atoms with Gasteiger partial charge in [-0.05, 0) is 37.4 Å². The quantitative estimate of drug-likeness (QED) is 0.617. The highest BCUT2D eigenvalue weighted by atomic mass is 15.2. The van der Waals surface area contributed by atoms with Gasteiger partial charge in [0.2, 0.25) is 0 Å². The first-order valence-corrected chi connectivity index (χ1v) is 6.38. The third-order valence-electron chi connectivity index (χ3n) is 3.59. The average molecular weight is 231 g/mol. The van der Waals surface area contributed by atoms with Crippen molar-refractivity contribution in [2.75, 3.05) is 6.54 Å². The molecule has 0 spiro atoms. The summed E-state index contributed by atoms with van der Waals surface area (Å²) in [6.07, 6.45) is 3.86. The predicted molar refractivity (Wildman–Crippen MR) is 71.2 cm³/mol. The smallest absolute Gasteiger partial charge is 0.122 e. The van der Waals surface area contributed by atoms with E-state index in [2.05, 4.69) is 17.9 Å². The molecule has 0 saturated carbocycles. The SMILES string of the molecule is CCC1CCCN1Cc1cccc(C(=N)N)c1. The minimum atomic E-state index is 0.153. The van der Waals surface area contributed by atoms with Crippen molar-refractivity contribution in [3.05, 3.63) is 35.4 Å². The van der Waals surface area contributed by atoms with Crippen LogP contribution in [0.3, 0.4) is 0 Å². The summed E-state index contributed by atoms with van der Waals surface area (Å²) in [5.74, 6) is 0.153. The minimum absolute atomic E-state index is 0.153. The Kier molecular flexibility index (Phi) is 3.79. The number of benzene rings is 1. The molecule has 1 aromatic rings. The summed E-state index contributed by atoms with van der Waals surface area (Å²) >= 11 is 0. The second-order valence-corrected chi connectivity index (χ2v) is 4.79. The summed E-state index contributed by atoms with van der Waals surface area (Å²) in [6, 6.07) is 8.78. The van der Waals surface area contributed by atoms with Crippen molar-refractivity contribution in [1.29, 1.82) is 5.41 Å². The Balaban J connectivity index is 2.07. The van der Waals surface area contributed by atoms with E-state index in [-0.39, 0.29) is 5.84 Å². The van der Waals surface area contributed by atoms with Gasteiger partial charge in [-0.2, -0.15) is 0 Å². The molecule has 1 fully saturated rings. The van der Waals surface area contributed by atoms with Gasteiger partial charge in [-0.15, -0.1) is 0 Å². The molecule has 1 aliphatic rings. The molecule has 0 bridgehead atoms. The fourth-order valence-corrected chi connectivity index (χ4v) is 2.64. The normalized spacial score (nSPS) is 20.6. The summed E-state index contributed by atoms with van der Waals surface area (Å²) in [4.78, 5) is 2.54. The maximum absolute atomic E-state index is 7.46. The molecule has 1 aliphatic heterocycles. The van der Waals surface area contributed by atoms with Crippen LogP contribution >= 0.6 is 0 Å². The Morgan fingerprint density at radius 2 is 2.35 bits per heavy atom. The van der Waals surface area contributed by atoms with E-state index in [0.29, 0.717) is 0 Å². The lowest BCUT2D eigenvalue weighted by Gasteiger charge is -2.23. The van der Waals surface area contributed by atoms with Gasteiger partial charge in [0, 0.05) is 18.2 Å². The Labute approximate surface area is 103 Å². The molecule has 2 rings (SSSR count). The largest absolute Gasteiger partial charge is 0.384 e. The summed E-state index contributed by atoms with van der Waals surface area (Å²) in [7, 11) is 0. The topological polar surface area (TPSA) is 53.1 Å². The van der Waals surface area contributed by atoms with Crippen LogP contribution in [0.2, 0.25) is 0 Å².